The number of aliphatic hydroxyl groups is 1. The lowest BCUT2D eigenvalue weighted by Gasteiger charge is -2.58. The number of fused-ring (bicyclic) bond motifs is 5. The van der Waals surface area contributed by atoms with Crippen molar-refractivity contribution in [3.63, 3.8) is 0 Å². The van der Waals surface area contributed by atoms with Crippen LogP contribution < -0.4 is 5.32 Å². The molecule has 3 saturated carbocycles. The zero-order valence-electron chi connectivity index (χ0n) is 16.1. The summed E-state index contributed by atoms with van der Waals surface area (Å²) in [5.41, 5.74) is 2.53. The fourth-order valence-electron chi connectivity index (χ4n) is 7.70. The molecule has 5 unspecified atom stereocenters. The maximum atomic E-state index is 10.1. The fraction of sp³-hybridized carbons (Fsp3) is 0.909. The van der Waals surface area contributed by atoms with Gasteiger partial charge in [0.2, 0.25) is 0 Å². The Hall–Kier alpha value is -0.340. The SMILES string of the molecule is CNC(C)[C@H]1CCC2C3CC=C4CC(O)CC[C@]4(C)C3CC[C@@]21C. The Labute approximate surface area is 148 Å². The molecule has 0 saturated heterocycles. The largest absolute Gasteiger partial charge is 0.393 e. The Bertz CT molecular complexity index is 528. The van der Waals surface area contributed by atoms with Crippen molar-refractivity contribution in [3.05, 3.63) is 11.6 Å². The summed E-state index contributed by atoms with van der Waals surface area (Å²) in [6.07, 6.45) is 12.6. The molecule has 0 aliphatic heterocycles. The van der Waals surface area contributed by atoms with E-state index < -0.39 is 0 Å². The fourth-order valence-corrected chi connectivity index (χ4v) is 7.70. The van der Waals surface area contributed by atoms with Crippen LogP contribution in [0.3, 0.4) is 0 Å². The van der Waals surface area contributed by atoms with E-state index in [2.05, 4.69) is 39.2 Å². The molecule has 0 aromatic carbocycles. The van der Waals surface area contributed by atoms with Gasteiger partial charge in [-0.15, -0.1) is 0 Å². The van der Waals surface area contributed by atoms with Gasteiger partial charge in [-0.25, -0.2) is 0 Å². The van der Waals surface area contributed by atoms with Crippen molar-refractivity contribution >= 4 is 0 Å². The van der Waals surface area contributed by atoms with E-state index in [0.29, 0.717) is 16.9 Å². The van der Waals surface area contributed by atoms with Gasteiger partial charge in [-0.3, -0.25) is 0 Å². The topological polar surface area (TPSA) is 32.3 Å². The van der Waals surface area contributed by atoms with Crippen LogP contribution in [0.5, 0.6) is 0 Å². The normalized spacial score (nSPS) is 52.0. The standard InChI is InChI=1S/C22H37NO/c1-14(23-4)18-7-8-19-17-6-5-15-13-16(24)9-11-21(15,2)20(17)10-12-22(18,19)3/h5,14,16-20,23-24H,6-13H2,1-4H3/t14?,16?,17?,18-,19?,20?,21+,22-/m1/s1. The molecule has 2 nitrogen and oxygen atoms in total. The zero-order valence-corrected chi connectivity index (χ0v) is 16.1. The first-order valence-corrected chi connectivity index (χ1v) is 10.4. The highest BCUT2D eigenvalue weighted by Gasteiger charge is 2.59. The molecule has 0 spiro atoms. The van der Waals surface area contributed by atoms with Crippen LogP contribution in [-0.2, 0) is 0 Å². The van der Waals surface area contributed by atoms with E-state index in [0.717, 1.165) is 36.5 Å². The maximum absolute atomic E-state index is 10.1. The molecule has 4 aliphatic rings. The molecule has 2 N–H and O–H groups in total. The number of hydrogen-bond donors (Lipinski definition) is 2. The van der Waals surface area contributed by atoms with E-state index in [1.807, 2.05) is 0 Å². The summed E-state index contributed by atoms with van der Waals surface area (Å²) in [7, 11) is 2.14. The van der Waals surface area contributed by atoms with Gasteiger partial charge in [-0.05, 0) is 99.8 Å². The average Bonchev–Trinajstić information content (AvgIpc) is 2.92. The first-order chi connectivity index (χ1) is 11.4. The Balaban J connectivity index is 1.63. The van der Waals surface area contributed by atoms with Crippen LogP contribution in [0.4, 0.5) is 0 Å². The molecular weight excluding hydrogens is 294 g/mol. The average molecular weight is 332 g/mol. The van der Waals surface area contributed by atoms with Gasteiger partial charge in [0, 0.05) is 6.04 Å². The van der Waals surface area contributed by atoms with Crippen LogP contribution in [0.15, 0.2) is 11.6 Å². The molecule has 136 valence electrons. The van der Waals surface area contributed by atoms with Gasteiger partial charge in [-0.2, -0.15) is 0 Å². The maximum Gasteiger partial charge on any atom is 0.0577 e. The molecule has 0 aromatic heterocycles. The van der Waals surface area contributed by atoms with E-state index >= 15 is 0 Å². The Morgan fingerprint density at radius 2 is 1.92 bits per heavy atom. The highest BCUT2D eigenvalue weighted by atomic mass is 16.3. The van der Waals surface area contributed by atoms with E-state index in [-0.39, 0.29) is 6.10 Å². The summed E-state index contributed by atoms with van der Waals surface area (Å²) in [6.45, 7) is 7.55. The highest BCUT2D eigenvalue weighted by Crippen LogP contribution is 2.66. The summed E-state index contributed by atoms with van der Waals surface area (Å²) in [5.74, 6) is 3.52. The molecule has 24 heavy (non-hydrogen) atoms. The molecule has 2 heteroatoms. The number of hydrogen-bond acceptors (Lipinski definition) is 2. The Morgan fingerprint density at radius 3 is 2.67 bits per heavy atom. The van der Waals surface area contributed by atoms with Crippen LogP contribution in [0.2, 0.25) is 0 Å². The quantitative estimate of drug-likeness (QED) is 0.728. The molecule has 0 heterocycles. The lowest BCUT2D eigenvalue weighted by atomic mass is 9.47. The summed E-state index contributed by atoms with van der Waals surface area (Å²) in [4.78, 5) is 0. The lowest BCUT2D eigenvalue weighted by Crippen LogP contribution is -2.52. The summed E-state index contributed by atoms with van der Waals surface area (Å²) in [6, 6.07) is 0.645. The molecule has 4 aliphatic carbocycles. The number of rotatable bonds is 2. The van der Waals surface area contributed by atoms with E-state index in [4.69, 9.17) is 0 Å². The molecular formula is C22H37NO. The molecule has 4 rings (SSSR count). The number of nitrogens with one attached hydrogen (secondary N) is 1. The lowest BCUT2D eigenvalue weighted by molar-refractivity contribution is -0.0532. The third-order valence-electron chi connectivity index (χ3n) is 9.21. The van der Waals surface area contributed by atoms with Crippen LogP contribution in [-0.4, -0.2) is 24.3 Å². The minimum atomic E-state index is -0.0814. The summed E-state index contributed by atoms with van der Waals surface area (Å²) in [5, 5.41) is 13.7. The van der Waals surface area contributed by atoms with Crippen LogP contribution in [0, 0.1) is 34.5 Å². The Kier molecular flexibility index (Phi) is 4.16. The highest BCUT2D eigenvalue weighted by molar-refractivity contribution is 5.25. The second-order valence-electron chi connectivity index (χ2n) is 9.96. The van der Waals surface area contributed by atoms with Gasteiger partial charge in [0.05, 0.1) is 6.10 Å². The van der Waals surface area contributed by atoms with E-state index in [9.17, 15) is 5.11 Å². The molecule has 0 bridgehead atoms. The van der Waals surface area contributed by atoms with Gasteiger partial charge in [0.25, 0.3) is 0 Å². The third kappa shape index (κ3) is 2.28. The van der Waals surface area contributed by atoms with Crippen molar-refractivity contribution in [1.82, 2.24) is 5.32 Å². The molecule has 3 fully saturated rings. The molecule has 0 aromatic rings. The van der Waals surface area contributed by atoms with Crippen molar-refractivity contribution in [3.8, 4) is 0 Å². The summed E-state index contributed by atoms with van der Waals surface area (Å²) >= 11 is 0. The van der Waals surface area contributed by atoms with Gasteiger partial charge >= 0.3 is 0 Å². The number of allylic oxidation sites excluding steroid dienone is 1. The second kappa shape index (κ2) is 5.84. The summed E-state index contributed by atoms with van der Waals surface area (Å²) < 4.78 is 0. The zero-order chi connectivity index (χ0) is 17.1. The minimum Gasteiger partial charge on any atom is -0.393 e. The van der Waals surface area contributed by atoms with Crippen molar-refractivity contribution < 1.29 is 5.11 Å². The van der Waals surface area contributed by atoms with Crippen molar-refractivity contribution in [1.29, 1.82) is 0 Å². The molecule has 8 atom stereocenters. The van der Waals surface area contributed by atoms with Crippen LogP contribution in [0.25, 0.3) is 0 Å². The van der Waals surface area contributed by atoms with Crippen molar-refractivity contribution in [2.24, 2.45) is 34.5 Å². The van der Waals surface area contributed by atoms with Gasteiger partial charge in [0.1, 0.15) is 0 Å². The third-order valence-corrected chi connectivity index (χ3v) is 9.21. The molecule has 0 amide bonds. The first kappa shape index (κ1) is 17.1. The van der Waals surface area contributed by atoms with Gasteiger partial charge in [-0.1, -0.05) is 25.5 Å². The van der Waals surface area contributed by atoms with Crippen molar-refractivity contribution in [2.45, 2.75) is 84.3 Å². The van der Waals surface area contributed by atoms with Crippen molar-refractivity contribution in [2.75, 3.05) is 7.05 Å². The van der Waals surface area contributed by atoms with Crippen LogP contribution >= 0.6 is 0 Å². The first-order valence-electron chi connectivity index (χ1n) is 10.4. The van der Waals surface area contributed by atoms with Crippen LogP contribution in [0.1, 0.15) is 72.1 Å². The monoisotopic (exact) mass is 331 g/mol. The molecule has 0 radical (unpaired) electrons. The predicted molar refractivity (Wildman–Crippen MR) is 99.7 cm³/mol. The Morgan fingerprint density at radius 1 is 1.12 bits per heavy atom. The van der Waals surface area contributed by atoms with E-state index in [1.165, 1.54) is 38.5 Å². The predicted octanol–water partition coefficient (Wildman–Crippen LogP) is 4.53. The van der Waals surface area contributed by atoms with E-state index in [1.54, 1.807) is 5.57 Å². The smallest absolute Gasteiger partial charge is 0.0577 e. The van der Waals surface area contributed by atoms with Gasteiger partial charge < -0.3 is 10.4 Å². The second-order valence-corrected chi connectivity index (χ2v) is 9.96. The minimum absolute atomic E-state index is 0.0814. The van der Waals surface area contributed by atoms with Gasteiger partial charge in [0.15, 0.2) is 0 Å². The number of aliphatic hydroxyl groups excluding tert-OH is 1.